The van der Waals surface area contributed by atoms with Crippen molar-refractivity contribution in [2.24, 2.45) is 11.6 Å². The Morgan fingerprint density at radius 1 is 1.00 bits per heavy atom. The van der Waals surface area contributed by atoms with Gasteiger partial charge in [-0.2, -0.15) is 13.2 Å². The van der Waals surface area contributed by atoms with Crippen LogP contribution in [0.3, 0.4) is 0 Å². The lowest BCUT2D eigenvalue weighted by atomic mass is 10.0. The maximum Gasteiger partial charge on any atom is 0.416 e. The van der Waals surface area contributed by atoms with Crippen LogP contribution in [0.25, 0.3) is 11.1 Å². The molecule has 0 bridgehead atoms. The van der Waals surface area contributed by atoms with Gasteiger partial charge in [0.1, 0.15) is 5.75 Å². The van der Waals surface area contributed by atoms with Crippen molar-refractivity contribution in [3.8, 4) is 16.9 Å². The fourth-order valence-corrected chi connectivity index (χ4v) is 1.94. The van der Waals surface area contributed by atoms with E-state index >= 15 is 0 Å². The van der Waals surface area contributed by atoms with E-state index in [-0.39, 0.29) is 11.6 Å². The number of nitrogens with one attached hydrogen (secondary N) is 1. The molecule has 0 radical (unpaired) electrons. The summed E-state index contributed by atoms with van der Waals surface area (Å²) in [4.78, 5) is 10.8. The van der Waals surface area contributed by atoms with Crippen LogP contribution in [-0.4, -0.2) is 11.1 Å². The lowest BCUT2D eigenvalue weighted by Gasteiger charge is -2.11. The van der Waals surface area contributed by atoms with E-state index < -0.39 is 23.4 Å². The van der Waals surface area contributed by atoms with Gasteiger partial charge in [0.25, 0.3) is 0 Å². The molecule has 132 valence electrons. The van der Waals surface area contributed by atoms with E-state index in [1.807, 2.05) is 5.43 Å². The molecular weight excluding hydrogens is 339 g/mol. The summed E-state index contributed by atoms with van der Waals surface area (Å²) < 4.78 is 42.9. The van der Waals surface area contributed by atoms with Gasteiger partial charge >= 0.3 is 12.1 Å². The van der Waals surface area contributed by atoms with Crippen LogP contribution < -0.4 is 21.7 Å². The van der Waals surface area contributed by atoms with Crippen LogP contribution >= 0.6 is 0 Å². The molecular formula is C16H14F3N3O3. The first-order chi connectivity index (χ1) is 11.7. The van der Waals surface area contributed by atoms with E-state index in [9.17, 15) is 18.0 Å². The first-order valence-corrected chi connectivity index (χ1v) is 6.87. The number of nitrogens with two attached hydrogens (primary N) is 2. The first kappa shape index (κ1) is 18.1. The maximum absolute atomic E-state index is 12.6. The number of hydrazine groups is 1. The van der Waals surface area contributed by atoms with Gasteiger partial charge in [-0.3, -0.25) is 5.43 Å². The second-order valence-corrected chi connectivity index (χ2v) is 4.89. The number of carboxylic acid groups (broad SMARTS) is 1. The highest BCUT2D eigenvalue weighted by atomic mass is 19.4. The zero-order chi connectivity index (χ0) is 18.6. The first-order valence-electron chi connectivity index (χ1n) is 6.87. The SMILES string of the molecule is NN/C(Oc1ccc(-c2ccc(C(F)(F)F)cc2)cc1)=C(\N)C(=O)O. The predicted molar refractivity (Wildman–Crippen MR) is 83.7 cm³/mol. The summed E-state index contributed by atoms with van der Waals surface area (Å²) in [5.74, 6) is 3.66. The summed E-state index contributed by atoms with van der Waals surface area (Å²) in [5, 5.41) is 8.80. The summed E-state index contributed by atoms with van der Waals surface area (Å²) in [6.45, 7) is 0. The monoisotopic (exact) mass is 353 g/mol. The molecule has 0 aromatic heterocycles. The fourth-order valence-electron chi connectivity index (χ4n) is 1.94. The topological polar surface area (TPSA) is 111 Å². The van der Waals surface area contributed by atoms with E-state index in [0.29, 0.717) is 11.1 Å². The number of hydrogen-bond acceptors (Lipinski definition) is 5. The van der Waals surface area contributed by atoms with Gasteiger partial charge in [0.15, 0.2) is 5.70 Å². The smallest absolute Gasteiger partial charge is 0.416 e. The van der Waals surface area contributed by atoms with Crippen LogP contribution in [0.15, 0.2) is 60.1 Å². The molecule has 0 atom stereocenters. The molecule has 0 heterocycles. The van der Waals surface area contributed by atoms with E-state index in [0.717, 1.165) is 12.1 Å². The Hall–Kier alpha value is -3.20. The summed E-state index contributed by atoms with van der Waals surface area (Å²) in [7, 11) is 0. The lowest BCUT2D eigenvalue weighted by Crippen LogP contribution is -2.31. The number of rotatable bonds is 5. The molecule has 2 aromatic rings. The predicted octanol–water partition coefficient (Wildman–Crippen LogP) is 2.43. The fraction of sp³-hybridized carbons (Fsp3) is 0.0625. The quantitative estimate of drug-likeness (QED) is 0.284. The van der Waals surface area contributed by atoms with Crippen LogP contribution in [0.4, 0.5) is 13.2 Å². The molecule has 2 rings (SSSR count). The molecule has 0 amide bonds. The second-order valence-electron chi connectivity index (χ2n) is 4.89. The molecule has 0 saturated carbocycles. The van der Waals surface area contributed by atoms with Gasteiger partial charge in [-0.1, -0.05) is 24.3 Å². The van der Waals surface area contributed by atoms with Crippen LogP contribution in [0.2, 0.25) is 0 Å². The lowest BCUT2D eigenvalue weighted by molar-refractivity contribution is -0.137. The Morgan fingerprint density at radius 2 is 1.48 bits per heavy atom. The molecule has 25 heavy (non-hydrogen) atoms. The molecule has 0 fully saturated rings. The van der Waals surface area contributed by atoms with E-state index in [2.05, 4.69) is 0 Å². The van der Waals surface area contributed by atoms with Gasteiger partial charge in [-0.05, 0) is 35.4 Å². The highest BCUT2D eigenvalue weighted by molar-refractivity contribution is 5.85. The molecule has 0 aliphatic rings. The van der Waals surface area contributed by atoms with Crippen molar-refractivity contribution in [3.63, 3.8) is 0 Å². The highest BCUT2D eigenvalue weighted by Crippen LogP contribution is 2.31. The minimum Gasteiger partial charge on any atom is -0.476 e. The van der Waals surface area contributed by atoms with Crippen LogP contribution in [0, 0.1) is 0 Å². The number of carboxylic acids is 1. The Labute approximate surface area is 140 Å². The third kappa shape index (κ3) is 4.42. The zero-order valence-electron chi connectivity index (χ0n) is 12.7. The van der Waals surface area contributed by atoms with E-state index in [1.54, 1.807) is 12.1 Å². The van der Waals surface area contributed by atoms with Crippen molar-refractivity contribution in [1.29, 1.82) is 0 Å². The number of hydrogen-bond donors (Lipinski definition) is 4. The molecule has 6 nitrogen and oxygen atoms in total. The Morgan fingerprint density at radius 3 is 1.88 bits per heavy atom. The summed E-state index contributed by atoms with van der Waals surface area (Å²) in [5.41, 5.74) is 7.25. The summed E-state index contributed by atoms with van der Waals surface area (Å²) >= 11 is 0. The average molecular weight is 353 g/mol. The molecule has 0 aliphatic heterocycles. The number of halogens is 3. The van der Waals surface area contributed by atoms with E-state index in [1.165, 1.54) is 24.3 Å². The maximum atomic E-state index is 12.6. The van der Waals surface area contributed by atoms with Crippen molar-refractivity contribution in [1.82, 2.24) is 5.43 Å². The molecule has 2 aromatic carbocycles. The molecule has 6 N–H and O–H groups in total. The standard InChI is InChI=1S/C16H14F3N3O3/c17-16(18,19)11-5-1-9(2-6-11)10-3-7-12(8-4-10)25-14(22-21)13(20)15(23)24/h1-8,22H,20-21H2,(H,23,24)/b14-13+. The third-order valence-electron chi connectivity index (χ3n) is 3.23. The third-order valence-corrected chi connectivity index (χ3v) is 3.23. The minimum atomic E-state index is -4.39. The Bertz CT molecular complexity index is 785. The second kappa shape index (κ2) is 7.14. The Balaban J connectivity index is 2.20. The van der Waals surface area contributed by atoms with Crippen molar-refractivity contribution >= 4 is 5.97 Å². The van der Waals surface area contributed by atoms with Crippen LogP contribution in [0.1, 0.15) is 5.56 Å². The number of ether oxygens (including phenoxy) is 1. The van der Waals surface area contributed by atoms with Crippen LogP contribution in [-0.2, 0) is 11.0 Å². The van der Waals surface area contributed by atoms with Crippen molar-refractivity contribution in [2.75, 3.05) is 0 Å². The molecule has 9 heteroatoms. The summed E-state index contributed by atoms with van der Waals surface area (Å²) in [6, 6.07) is 10.9. The number of alkyl halides is 3. The number of aliphatic carboxylic acids is 1. The van der Waals surface area contributed by atoms with Crippen LogP contribution in [0.5, 0.6) is 5.75 Å². The molecule has 0 aliphatic carbocycles. The normalized spacial score (nSPS) is 12.3. The molecule has 0 unspecified atom stereocenters. The van der Waals surface area contributed by atoms with Gasteiger partial charge in [-0.25, -0.2) is 10.6 Å². The van der Waals surface area contributed by atoms with Gasteiger partial charge in [0.2, 0.25) is 5.88 Å². The van der Waals surface area contributed by atoms with Gasteiger partial charge in [0, 0.05) is 0 Å². The summed E-state index contributed by atoms with van der Waals surface area (Å²) in [6.07, 6.45) is -4.39. The van der Waals surface area contributed by atoms with E-state index in [4.69, 9.17) is 21.4 Å². The van der Waals surface area contributed by atoms with Crippen molar-refractivity contribution < 1.29 is 27.8 Å². The number of benzene rings is 2. The minimum absolute atomic E-state index is 0.243. The van der Waals surface area contributed by atoms with Gasteiger partial charge < -0.3 is 15.6 Å². The zero-order valence-corrected chi connectivity index (χ0v) is 12.7. The number of carbonyl (C=O) groups is 1. The highest BCUT2D eigenvalue weighted by Gasteiger charge is 2.29. The largest absolute Gasteiger partial charge is 0.476 e. The van der Waals surface area contributed by atoms with Crippen molar-refractivity contribution in [2.45, 2.75) is 6.18 Å². The van der Waals surface area contributed by atoms with Gasteiger partial charge in [0.05, 0.1) is 5.56 Å². The average Bonchev–Trinajstić information content (AvgIpc) is 2.59. The van der Waals surface area contributed by atoms with Gasteiger partial charge in [-0.15, -0.1) is 0 Å². The Kier molecular flexibility index (Phi) is 5.18. The molecule has 0 saturated heterocycles. The van der Waals surface area contributed by atoms with Crippen molar-refractivity contribution in [3.05, 3.63) is 65.7 Å². The molecule has 0 spiro atoms.